The first-order chi connectivity index (χ1) is 72.8. The summed E-state index contributed by atoms with van der Waals surface area (Å²) in [6.45, 7) is 0. The summed E-state index contributed by atoms with van der Waals surface area (Å²) < 4.78 is 20.7. The molecule has 0 aliphatic rings. The van der Waals surface area contributed by atoms with Crippen molar-refractivity contribution in [1.29, 1.82) is 31.6 Å². The Morgan fingerprint density at radius 3 is 0.735 bits per heavy atom. The molecule has 30 aromatic rings. The van der Waals surface area contributed by atoms with Gasteiger partial charge in [-0.3, -0.25) is 0 Å². The Labute approximate surface area is 839 Å². The van der Waals surface area contributed by atoms with Crippen LogP contribution in [0.1, 0.15) is 33.4 Å². The maximum atomic E-state index is 10.8. The minimum atomic E-state index is 0.549. The molecule has 0 fully saturated rings. The molecule has 15 nitrogen and oxygen atoms in total. The van der Waals surface area contributed by atoms with Crippen LogP contribution in [-0.2, 0) is 0 Å². The first-order valence-electron chi connectivity index (χ1n) is 48.7. The van der Waals surface area contributed by atoms with Crippen molar-refractivity contribution in [2.24, 2.45) is 0 Å². The number of rotatable bonds is 9. The van der Waals surface area contributed by atoms with Crippen LogP contribution in [0.4, 0.5) is 0 Å². The third kappa shape index (κ3) is 12.3. The highest BCUT2D eigenvalue weighted by molar-refractivity contribution is 6.36. The Balaban J connectivity index is 0.000000107. The van der Waals surface area contributed by atoms with Gasteiger partial charge in [0.25, 0.3) is 0 Å². The van der Waals surface area contributed by atoms with Crippen molar-refractivity contribution in [2.75, 3.05) is 0 Å². The molecule has 0 saturated carbocycles. The minimum Gasteiger partial charge on any atom is -0.309 e. The number of nitrogens with zero attached hydrogens (tertiary/aromatic N) is 15. The normalized spacial score (nSPS) is 11.6. The van der Waals surface area contributed by atoms with E-state index in [4.69, 9.17) is 0 Å². The number of aromatic nitrogens is 9. The summed E-state index contributed by atoms with van der Waals surface area (Å²) in [6, 6.07) is 171. The maximum Gasteiger partial charge on any atom is 0.101 e. The van der Waals surface area contributed by atoms with Crippen LogP contribution in [0.2, 0.25) is 0 Å². The van der Waals surface area contributed by atoms with Gasteiger partial charge in [-0.25, -0.2) is 0 Å². The lowest BCUT2D eigenvalue weighted by atomic mass is 10.0. The molecule has 21 aromatic carbocycles. The summed E-state index contributed by atoms with van der Waals surface area (Å²) in [6.07, 6.45) is 0. The Bertz CT molecular complexity index is 11100. The number of hydrogen-bond donors (Lipinski definition) is 0. The molecule has 0 radical (unpaired) electrons. The van der Waals surface area contributed by atoms with Crippen LogP contribution in [0.3, 0.4) is 0 Å². The van der Waals surface area contributed by atoms with E-state index in [2.05, 4.69) is 369 Å². The Kier molecular flexibility index (Phi) is 19.0. The van der Waals surface area contributed by atoms with Crippen LogP contribution in [0.25, 0.3) is 247 Å². The van der Waals surface area contributed by atoms with Crippen LogP contribution in [0.15, 0.2) is 455 Å². The number of fused-ring (bicyclic) bond motifs is 33. The number of para-hydroxylation sites is 13. The average Bonchev–Trinajstić information content (AvgIpc) is 1.52. The molecule has 9 heterocycles. The second-order valence-corrected chi connectivity index (χ2v) is 37.1. The molecule has 0 N–H and O–H groups in total. The Hall–Kier alpha value is -21.2. The molecule has 0 bridgehead atoms. The molecule has 0 aliphatic carbocycles. The van der Waals surface area contributed by atoms with E-state index in [1.54, 1.807) is 0 Å². The highest BCUT2D eigenvalue weighted by atomic mass is 15.1. The standard InChI is InChI=1S/3C44H25N5/c45-26-28-13-7-10-20-36(28)49-38-22-12-9-19-34(38)41-42(49)29(27-46)25-35-32-23-24-39-40(43(32)48(44(35)41)31-16-5-2-6-17-31)33-18-8-11-21-37(33)47(39)30-14-3-1-4-15-30;45-26-28-19-21-32(22-20-28)47-37-17-9-7-15-34(37)40-39(47)24-23-33-36-25-29(27-46)42-41(44(36)49(43(33)40)31-13-5-2-6-14-31)35-16-8-10-18-38(35)48(42)30-11-3-1-4-12-30;45-26-28-18-20-32(21-19-28)49-43-33(22-24-38-40(43)35-15-7-8-17-37(35)47(38)30-11-3-1-4-12-30)34-23-25-39-41(44(34)49)36-16-9-10-29(27-46)42(36)48(39)31-13-5-2-6-14-31/h3*1-25H. The zero-order valence-electron chi connectivity index (χ0n) is 78.5. The molecule has 15 heteroatoms. The smallest absolute Gasteiger partial charge is 0.101 e. The van der Waals surface area contributed by atoms with E-state index in [1.807, 2.05) is 164 Å². The first-order valence-corrected chi connectivity index (χ1v) is 48.7. The Morgan fingerprint density at radius 2 is 0.374 bits per heavy atom. The van der Waals surface area contributed by atoms with E-state index in [0.717, 1.165) is 242 Å². The fraction of sp³-hybridized carbons (Fsp3) is 0. The molecule has 0 amide bonds. The SMILES string of the molecule is N#Cc1ccc(-n2c3c(ccc4c3c3ccccc3n4-c3ccccc3)c3ccc4c(c5cccc(C#N)c5n4-c4ccccc4)c32)cc1.N#Cc1ccc(-n2c3ccccc3c3c2ccc2c4cc(C#N)c5c(c6ccccc6n5-c5ccccc5)c4n(-c4ccccc4)c23)cc1.N#Cc1ccccc1-n1c2ccccc2c2c1c(C#N)cc1c3ccc4c(c5ccccc5n4-c4ccccc4)c3n(-c3ccccc3)c12. The predicted octanol–water partition coefficient (Wildman–Crippen LogP) is 32.2. The summed E-state index contributed by atoms with van der Waals surface area (Å²) in [7, 11) is 0. The van der Waals surface area contributed by atoms with Gasteiger partial charge >= 0.3 is 0 Å². The van der Waals surface area contributed by atoms with E-state index >= 15 is 0 Å². The largest absolute Gasteiger partial charge is 0.309 e. The minimum absolute atomic E-state index is 0.549. The molecule has 0 atom stereocenters. The first kappa shape index (κ1) is 83.9. The van der Waals surface area contributed by atoms with Crippen molar-refractivity contribution >= 4 is 196 Å². The van der Waals surface area contributed by atoms with Gasteiger partial charge in [0.05, 0.1) is 151 Å². The van der Waals surface area contributed by atoms with Gasteiger partial charge in [-0.1, -0.05) is 249 Å². The topological polar surface area (TPSA) is 187 Å². The monoisotopic (exact) mass is 1870 g/mol. The molecule has 0 saturated heterocycles. The molecule has 0 aliphatic heterocycles. The van der Waals surface area contributed by atoms with Gasteiger partial charge in [-0.15, -0.1) is 0 Å². The van der Waals surface area contributed by atoms with Gasteiger partial charge < -0.3 is 41.1 Å². The van der Waals surface area contributed by atoms with Crippen molar-refractivity contribution in [3.63, 3.8) is 0 Å². The average molecular weight is 1870 g/mol. The van der Waals surface area contributed by atoms with Gasteiger partial charge in [0, 0.05) is 142 Å². The van der Waals surface area contributed by atoms with E-state index in [1.165, 1.54) is 5.39 Å². The lowest BCUT2D eigenvalue weighted by molar-refractivity contribution is 1.16. The van der Waals surface area contributed by atoms with Gasteiger partial charge in [0.15, 0.2) is 0 Å². The molecule has 678 valence electrons. The van der Waals surface area contributed by atoms with Crippen molar-refractivity contribution in [3.05, 3.63) is 488 Å². The van der Waals surface area contributed by atoms with Gasteiger partial charge in [-0.05, 0) is 206 Å². The highest BCUT2D eigenvalue weighted by Crippen LogP contribution is 2.53. The molecule has 9 aromatic heterocycles. The number of hydrogen-bond acceptors (Lipinski definition) is 6. The van der Waals surface area contributed by atoms with Crippen molar-refractivity contribution < 1.29 is 0 Å². The van der Waals surface area contributed by atoms with Crippen LogP contribution >= 0.6 is 0 Å². The van der Waals surface area contributed by atoms with Crippen molar-refractivity contribution in [3.8, 4) is 87.6 Å². The van der Waals surface area contributed by atoms with E-state index in [9.17, 15) is 31.6 Å². The van der Waals surface area contributed by atoms with Gasteiger partial charge in [-0.2, -0.15) is 31.6 Å². The second kappa shape index (κ2) is 33.2. The summed E-state index contributed by atoms with van der Waals surface area (Å²) in [5.74, 6) is 0. The zero-order chi connectivity index (χ0) is 97.9. The molecular weight excluding hydrogens is 1800 g/mol. The van der Waals surface area contributed by atoms with Crippen LogP contribution in [-0.4, -0.2) is 41.1 Å². The van der Waals surface area contributed by atoms with Crippen LogP contribution in [0.5, 0.6) is 0 Å². The van der Waals surface area contributed by atoms with Crippen LogP contribution < -0.4 is 0 Å². The summed E-state index contributed by atoms with van der Waals surface area (Å²) in [4.78, 5) is 0. The fourth-order valence-corrected chi connectivity index (χ4v) is 23.8. The van der Waals surface area contributed by atoms with Crippen molar-refractivity contribution in [1.82, 2.24) is 41.1 Å². The third-order valence-corrected chi connectivity index (χ3v) is 29.6. The zero-order valence-corrected chi connectivity index (χ0v) is 78.5. The predicted molar refractivity (Wildman–Crippen MR) is 597 cm³/mol. The molecule has 0 spiro atoms. The van der Waals surface area contributed by atoms with E-state index < -0.39 is 0 Å². The summed E-state index contributed by atoms with van der Waals surface area (Å²) in [5.41, 5.74) is 31.3. The van der Waals surface area contributed by atoms with Gasteiger partial charge in [0.2, 0.25) is 0 Å². The summed E-state index contributed by atoms with van der Waals surface area (Å²) >= 11 is 0. The fourth-order valence-electron chi connectivity index (χ4n) is 23.8. The number of nitriles is 6. The van der Waals surface area contributed by atoms with E-state index in [-0.39, 0.29) is 0 Å². The highest BCUT2D eigenvalue weighted by Gasteiger charge is 2.33. The number of benzene rings is 21. The molecule has 147 heavy (non-hydrogen) atoms. The summed E-state index contributed by atoms with van der Waals surface area (Å²) in [5, 5.41) is 81.0. The Morgan fingerprint density at radius 1 is 0.129 bits per heavy atom. The lowest BCUT2D eigenvalue weighted by Crippen LogP contribution is -1.99. The molecular formula is C132H75N15. The lowest BCUT2D eigenvalue weighted by Gasteiger charge is -2.12. The second-order valence-electron chi connectivity index (χ2n) is 37.1. The maximum absolute atomic E-state index is 10.8. The van der Waals surface area contributed by atoms with E-state index in [0.29, 0.717) is 33.4 Å². The third-order valence-electron chi connectivity index (χ3n) is 29.6. The molecule has 0 unspecified atom stereocenters. The van der Waals surface area contributed by atoms with Gasteiger partial charge in [0.1, 0.15) is 24.3 Å². The van der Waals surface area contributed by atoms with Crippen LogP contribution in [0, 0.1) is 68.0 Å². The molecule has 30 rings (SSSR count). The quantitative estimate of drug-likeness (QED) is 0.138. The van der Waals surface area contributed by atoms with Crippen molar-refractivity contribution in [2.45, 2.75) is 0 Å².